The van der Waals surface area contributed by atoms with Crippen LogP contribution in [0.4, 0.5) is 17.3 Å². The quantitative estimate of drug-likeness (QED) is 0.148. The monoisotopic (exact) mass is 507 g/mol. The molecule has 0 aliphatic rings. The molecule has 0 aliphatic heterocycles. The van der Waals surface area contributed by atoms with Gasteiger partial charge >= 0.3 is 0 Å². The minimum absolute atomic E-state index is 0.0324. The zero-order valence-corrected chi connectivity index (χ0v) is 19.2. The molecule has 1 N–H and O–H groups in total. The van der Waals surface area contributed by atoms with Crippen molar-refractivity contribution in [1.29, 1.82) is 0 Å². The number of nitro benzene ring substituents is 2. The number of nitrogens with one attached hydrogen (secondary N) is 1. The van der Waals surface area contributed by atoms with E-state index in [0.717, 1.165) is 0 Å². The number of hydrogen-bond donors (Lipinski definition) is 1. The van der Waals surface area contributed by atoms with Gasteiger partial charge in [-0.1, -0.05) is 11.6 Å². The molecule has 0 bridgehead atoms. The highest BCUT2D eigenvalue weighted by atomic mass is 35.5. The summed E-state index contributed by atoms with van der Waals surface area (Å²) in [6.45, 7) is 0. The van der Waals surface area contributed by atoms with E-state index in [4.69, 9.17) is 23.8 Å². The summed E-state index contributed by atoms with van der Waals surface area (Å²) in [5, 5.41) is 26.5. The van der Waals surface area contributed by atoms with Gasteiger partial charge in [-0.05, 0) is 66.3 Å². The molecule has 0 atom stereocenters. The average molecular weight is 508 g/mol. The Morgan fingerprint density at radius 3 is 2.03 bits per heavy atom. The minimum Gasteiger partial charge on any atom is -0.258 e. The Morgan fingerprint density at radius 2 is 1.46 bits per heavy atom. The van der Waals surface area contributed by atoms with Crippen molar-refractivity contribution >= 4 is 47.4 Å². The molecule has 0 spiro atoms. The lowest BCUT2D eigenvalue weighted by Crippen LogP contribution is -2.10. The number of anilines is 1. The van der Waals surface area contributed by atoms with E-state index in [1.807, 2.05) is 0 Å². The van der Waals surface area contributed by atoms with Crippen molar-refractivity contribution in [2.24, 2.45) is 5.10 Å². The Bertz CT molecular complexity index is 1490. The normalized spacial score (nSPS) is 10.9. The van der Waals surface area contributed by atoms with Crippen molar-refractivity contribution in [2.75, 3.05) is 5.43 Å². The van der Waals surface area contributed by atoms with Gasteiger partial charge in [-0.2, -0.15) is 15.1 Å². The Kier molecular flexibility index (Phi) is 6.85. The molecule has 0 saturated carbocycles. The van der Waals surface area contributed by atoms with Crippen LogP contribution in [0.25, 0.3) is 17.1 Å². The molecule has 0 amide bonds. The van der Waals surface area contributed by atoms with Crippen LogP contribution in [0.2, 0.25) is 5.02 Å². The maximum Gasteiger partial charge on any atom is 0.269 e. The molecular formula is C22H14ClN7O4S. The Labute approximate surface area is 207 Å². The van der Waals surface area contributed by atoms with Gasteiger partial charge in [0.15, 0.2) is 5.82 Å². The third-order valence-electron chi connectivity index (χ3n) is 4.72. The summed E-state index contributed by atoms with van der Waals surface area (Å²) in [6, 6.07) is 18.4. The van der Waals surface area contributed by atoms with Gasteiger partial charge < -0.3 is 0 Å². The van der Waals surface area contributed by atoms with E-state index in [9.17, 15) is 20.2 Å². The lowest BCUT2D eigenvalue weighted by atomic mass is 10.2. The molecule has 35 heavy (non-hydrogen) atoms. The molecule has 1 aromatic heterocycles. The van der Waals surface area contributed by atoms with Crippen molar-refractivity contribution in [3.8, 4) is 17.1 Å². The number of hydrogen-bond acceptors (Lipinski definition) is 9. The van der Waals surface area contributed by atoms with Gasteiger partial charge in [-0.25, -0.2) is 5.43 Å². The van der Waals surface area contributed by atoms with Crippen LogP contribution in [0, 0.1) is 25.0 Å². The third kappa shape index (κ3) is 5.51. The van der Waals surface area contributed by atoms with Crippen LogP contribution in [0.1, 0.15) is 5.56 Å². The Balaban J connectivity index is 1.72. The first-order valence-electron chi connectivity index (χ1n) is 9.87. The van der Waals surface area contributed by atoms with Crippen LogP contribution >= 0.6 is 23.8 Å². The fraction of sp³-hybridized carbons (Fsp3) is 0. The van der Waals surface area contributed by atoms with Gasteiger partial charge in [-0.3, -0.25) is 24.8 Å². The first-order valence-corrected chi connectivity index (χ1v) is 10.7. The molecule has 0 radical (unpaired) electrons. The fourth-order valence-electron chi connectivity index (χ4n) is 3.01. The summed E-state index contributed by atoms with van der Waals surface area (Å²) >= 11 is 11.5. The summed E-state index contributed by atoms with van der Waals surface area (Å²) in [7, 11) is 0. The Morgan fingerprint density at radius 1 is 0.886 bits per heavy atom. The highest BCUT2D eigenvalue weighted by Crippen LogP contribution is 2.23. The highest BCUT2D eigenvalue weighted by molar-refractivity contribution is 7.71. The molecule has 4 aromatic rings. The topological polar surface area (TPSA) is 141 Å². The van der Waals surface area contributed by atoms with Crippen molar-refractivity contribution in [2.45, 2.75) is 0 Å². The maximum atomic E-state index is 11.0. The van der Waals surface area contributed by atoms with Gasteiger partial charge in [0.05, 0.1) is 21.7 Å². The van der Waals surface area contributed by atoms with Gasteiger partial charge in [0.1, 0.15) is 0 Å². The fourth-order valence-corrected chi connectivity index (χ4v) is 3.42. The zero-order valence-electron chi connectivity index (χ0n) is 17.6. The van der Waals surface area contributed by atoms with Crippen molar-refractivity contribution in [3.05, 3.63) is 108 Å². The predicted octanol–water partition coefficient (Wildman–Crippen LogP) is 5.58. The van der Waals surface area contributed by atoms with E-state index >= 15 is 0 Å². The summed E-state index contributed by atoms with van der Waals surface area (Å²) in [6.07, 6.45) is 1.46. The summed E-state index contributed by atoms with van der Waals surface area (Å²) < 4.78 is 1.71. The van der Waals surface area contributed by atoms with E-state index in [0.29, 0.717) is 21.8 Å². The first kappa shape index (κ1) is 23.6. The molecule has 4 rings (SSSR count). The van der Waals surface area contributed by atoms with Gasteiger partial charge in [-0.15, -0.1) is 0 Å². The third-order valence-corrected chi connectivity index (χ3v) is 5.25. The molecule has 11 nitrogen and oxygen atoms in total. The van der Waals surface area contributed by atoms with Crippen molar-refractivity contribution in [1.82, 2.24) is 14.5 Å². The second kappa shape index (κ2) is 10.2. The molecule has 0 unspecified atom stereocenters. The lowest BCUT2D eigenvalue weighted by Gasteiger charge is -2.13. The predicted molar refractivity (Wildman–Crippen MR) is 134 cm³/mol. The summed E-state index contributed by atoms with van der Waals surface area (Å²) in [4.78, 5) is 29.7. The van der Waals surface area contributed by atoms with E-state index in [-0.39, 0.29) is 27.9 Å². The van der Waals surface area contributed by atoms with E-state index in [2.05, 4.69) is 20.5 Å². The van der Waals surface area contributed by atoms with Crippen LogP contribution in [0.3, 0.4) is 0 Å². The molecule has 174 valence electrons. The second-order valence-electron chi connectivity index (χ2n) is 6.99. The van der Waals surface area contributed by atoms with Gasteiger partial charge in [0.2, 0.25) is 10.7 Å². The number of aromatic nitrogens is 3. The minimum atomic E-state index is -0.497. The number of nitrogens with zero attached hydrogens (tertiary/aromatic N) is 6. The molecule has 0 saturated heterocycles. The van der Waals surface area contributed by atoms with Crippen LogP contribution < -0.4 is 5.43 Å². The SMILES string of the molecule is O=[N+]([O-])c1ccc(/C=N/Nc2nc(-c3ccc([N+](=O)[O-])cc3)nc(=S)n2-c2ccc(Cl)cc2)cc1. The number of nitro groups is 2. The Hall–Kier alpha value is -4.55. The number of halogens is 1. The summed E-state index contributed by atoms with van der Waals surface area (Å²) in [5.74, 6) is 0.460. The van der Waals surface area contributed by atoms with Crippen molar-refractivity contribution in [3.63, 3.8) is 0 Å². The van der Waals surface area contributed by atoms with Crippen LogP contribution in [0.5, 0.6) is 0 Å². The van der Waals surface area contributed by atoms with Crippen molar-refractivity contribution < 1.29 is 9.85 Å². The van der Waals surface area contributed by atoms with Gasteiger partial charge in [0.25, 0.3) is 11.4 Å². The maximum absolute atomic E-state index is 11.0. The molecule has 13 heteroatoms. The smallest absolute Gasteiger partial charge is 0.258 e. The molecule has 0 aliphatic carbocycles. The van der Waals surface area contributed by atoms with Crippen LogP contribution in [0.15, 0.2) is 77.9 Å². The lowest BCUT2D eigenvalue weighted by molar-refractivity contribution is -0.385. The number of benzene rings is 3. The molecule has 0 fully saturated rings. The van der Waals surface area contributed by atoms with E-state index in [1.54, 1.807) is 41.0 Å². The van der Waals surface area contributed by atoms with Crippen LogP contribution in [-0.4, -0.2) is 30.6 Å². The first-order chi connectivity index (χ1) is 16.8. The number of rotatable bonds is 7. The van der Waals surface area contributed by atoms with Crippen LogP contribution in [-0.2, 0) is 0 Å². The standard InChI is InChI=1S/C22H14ClN7O4S/c23-16-5-11-17(12-6-16)28-21(27-24-13-14-1-7-18(8-2-14)29(31)32)25-20(26-22(28)35)15-3-9-19(10-4-15)30(33)34/h1-13H,(H,25,26,27,35)/b24-13+. The number of hydrazone groups is 1. The second-order valence-corrected chi connectivity index (χ2v) is 7.79. The molecular weight excluding hydrogens is 494 g/mol. The average Bonchev–Trinajstić information content (AvgIpc) is 2.85. The molecule has 1 heterocycles. The van der Waals surface area contributed by atoms with E-state index < -0.39 is 9.85 Å². The highest BCUT2D eigenvalue weighted by Gasteiger charge is 2.13. The molecule has 3 aromatic carbocycles. The van der Waals surface area contributed by atoms with E-state index in [1.165, 1.54) is 42.6 Å². The zero-order chi connectivity index (χ0) is 24.9. The number of non-ortho nitro benzene ring substituents is 2. The summed E-state index contributed by atoms with van der Waals surface area (Å²) in [5.41, 5.74) is 4.50. The largest absolute Gasteiger partial charge is 0.269 e. The van der Waals surface area contributed by atoms with Gasteiger partial charge in [0, 0.05) is 34.9 Å².